The van der Waals surface area contributed by atoms with Gasteiger partial charge in [0.15, 0.2) is 0 Å². The van der Waals surface area contributed by atoms with Crippen LogP contribution in [0.2, 0.25) is 0 Å². The van der Waals surface area contributed by atoms with Crippen LogP contribution < -0.4 is 0 Å². The highest BCUT2D eigenvalue weighted by Gasteiger charge is 2.49. The van der Waals surface area contributed by atoms with E-state index in [9.17, 15) is 0 Å². The average molecular weight is 173 g/mol. The van der Waals surface area contributed by atoms with Crippen LogP contribution in [-0.2, 0) is 10.9 Å². The lowest BCUT2D eigenvalue weighted by atomic mass is 9.98. The van der Waals surface area contributed by atoms with Gasteiger partial charge in [0.2, 0.25) is 0 Å². The van der Waals surface area contributed by atoms with Gasteiger partial charge in [-0.2, -0.15) is 0 Å². The summed E-state index contributed by atoms with van der Waals surface area (Å²) in [4.78, 5) is 0. The molecule has 1 heteroatoms. The van der Waals surface area contributed by atoms with Gasteiger partial charge in [-0.15, -0.1) is 0 Å². The largest absolute Gasteiger partial charge is 0.122 e. The molecule has 0 spiro atoms. The van der Waals surface area contributed by atoms with E-state index in [0.717, 1.165) is 0 Å². The second kappa shape index (κ2) is 2.69. The molecule has 1 fully saturated rings. The van der Waals surface area contributed by atoms with E-state index in [4.69, 9.17) is 0 Å². The van der Waals surface area contributed by atoms with E-state index in [1.54, 1.807) is 0 Å². The molecule has 0 atom stereocenters. The standard InChI is InChI=1S/C10H21S/c1-9(2)7-6-8-10(3,4)11(9)5/h6-8H2,1-5H3/q+1. The van der Waals surface area contributed by atoms with Gasteiger partial charge in [0.05, 0.1) is 6.26 Å². The molecule has 0 aliphatic carbocycles. The summed E-state index contributed by atoms with van der Waals surface area (Å²) in [5, 5.41) is 0. The summed E-state index contributed by atoms with van der Waals surface area (Å²) in [6.07, 6.45) is 6.72. The van der Waals surface area contributed by atoms with Gasteiger partial charge in [-0.25, -0.2) is 0 Å². The quantitative estimate of drug-likeness (QED) is 0.494. The molecule has 0 amide bonds. The highest BCUT2D eigenvalue weighted by atomic mass is 32.2. The maximum absolute atomic E-state index is 2.44. The fraction of sp³-hybridized carbons (Fsp3) is 1.00. The molecule has 0 aromatic rings. The third-order valence-corrected chi connectivity index (χ3v) is 6.94. The zero-order valence-electron chi connectivity index (χ0n) is 8.53. The number of hydrogen-bond donors (Lipinski definition) is 0. The van der Waals surface area contributed by atoms with Gasteiger partial charge in [-0.1, -0.05) is 0 Å². The topological polar surface area (TPSA) is 0 Å². The molecule has 0 aromatic heterocycles. The van der Waals surface area contributed by atoms with Gasteiger partial charge in [-0.05, 0) is 57.9 Å². The van der Waals surface area contributed by atoms with Gasteiger partial charge in [0.1, 0.15) is 9.49 Å². The lowest BCUT2D eigenvalue weighted by molar-refractivity contribution is 0.476. The summed E-state index contributed by atoms with van der Waals surface area (Å²) in [6, 6.07) is 0. The summed E-state index contributed by atoms with van der Waals surface area (Å²) in [5.74, 6) is 0. The first-order valence-corrected chi connectivity index (χ1v) is 6.16. The first kappa shape index (κ1) is 9.44. The normalized spacial score (nSPS) is 30.3. The van der Waals surface area contributed by atoms with Crippen molar-refractivity contribution >= 4 is 10.9 Å². The van der Waals surface area contributed by atoms with Crippen molar-refractivity contribution in [2.24, 2.45) is 0 Å². The fourth-order valence-electron chi connectivity index (χ4n) is 1.99. The number of hydrogen-bond acceptors (Lipinski definition) is 0. The van der Waals surface area contributed by atoms with Crippen molar-refractivity contribution in [1.82, 2.24) is 0 Å². The highest BCUT2D eigenvalue weighted by Crippen LogP contribution is 2.41. The van der Waals surface area contributed by atoms with Crippen LogP contribution in [0.15, 0.2) is 0 Å². The average Bonchev–Trinajstić information content (AvgIpc) is 1.82. The molecule has 11 heavy (non-hydrogen) atoms. The molecule has 1 rings (SSSR count). The molecule has 0 radical (unpaired) electrons. The van der Waals surface area contributed by atoms with Crippen molar-refractivity contribution in [1.29, 1.82) is 0 Å². The zero-order chi connectivity index (χ0) is 8.70. The summed E-state index contributed by atoms with van der Waals surface area (Å²) in [7, 11) is 0.589. The molecule has 0 nitrogen and oxygen atoms in total. The summed E-state index contributed by atoms with van der Waals surface area (Å²) in [5.41, 5.74) is 0. The van der Waals surface area contributed by atoms with Crippen LogP contribution in [0.1, 0.15) is 47.0 Å². The van der Waals surface area contributed by atoms with Crippen molar-refractivity contribution < 1.29 is 0 Å². The van der Waals surface area contributed by atoms with Crippen molar-refractivity contribution in [2.75, 3.05) is 6.26 Å². The summed E-state index contributed by atoms with van der Waals surface area (Å²) < 4.78 is 1.20. The van der Waals surface area contributed by atoms with E-state index < -0.39 is 0 Å². The van der Waals surface area contributed by atoms with Crippen molar-refractivity contribution in [3.8, 4) is 0 Å². The monoisotopic (exact) mass is 173 g/mol. The Hall–Kier alpha value is 0.350. The van der Waals surface area contributed by atoms with Crippen molar-refractivity contribution in [2.45, 2.75) is 56.5 Å². The lowest BCUT2D eigenvalue weighted by Gasteiger charge is -2.38. The summed E-state index contributed by atoms with van der Waals surface area (Å²) >= 11 is 0. The first-order valence-electron chi connectivity index (χ1n) is 4.52. The Morgan fingerprint density at radius 2 is 1.27 bits per heavy atom. The van der Waals surface area contributed by atoms with Gasteiger partial charge >= 0.3 is 0 Å². The zero-order valence-corrected chi connectivity index (χ0v) is 9.35. The SMILES string of the molecule is C[S+]1C(C)(C)CCCC1(C)C. The molecule has 0 aromatic carbocycles. The van der Waals surface area contributed by atoms with E-state index >= 15 is 0 Å². The second-order valence-electron chi connectivity index (χ2n) is 4.88. The van der Waals surface area contributed by atoms with Crippen LogP contribution in [0.25, 0.3) is 0 Å². The van der Waals surface area contributed by atoms with Crippen LogP contribution in [0.4, 0.5) is 0 Å². The van der Waals surface area contributed by atoms with Crippen LogP contribution in [-0.4, -0.2) is 15.7 Å². The second-order valence-corrected chi connectivity index (χ2v) is 8.11. The molecule has 1 aliphatic heterocycles. The molecular weight excluding hydrogens is 152 g/mol. The minimum Gasteiger partial charge on any atom is -0.0433 e. The van der Waals surface area contributed by atoms with Gasteiger partial charge in [0, 0.05) is 0 Å². The molecule has 0 unspecified atom stereocenters. The third kappa shape index (κ3) is 1.74. The lowest BCUT2D eigenvalue weighted by Crippen LogP contribution is -2.48. The minimum atomic E-state index is 0.589. The summed E-state index contributed by atoms with van der Waals surface area (Å²) in [6.45, 7) is 9.71. The van der Waals surface area contributed by atoms with E-state index in [1.807, 2.05) is 0 Å². The van der Waals surface area contributed by atoms with E-state index in [0.29, 0.717) is 20.4 Å². The van der Waals surface area contributed by atoms with Crippen molar-refractivity contribution in [3.63, 3.8) is 0 Å². The Bertz CT molecular complexity index is 131. The van der Waals surface area contributed by atoms with Crippen LogP contribution in [0, 0.1) is 0 Å². The number of rotatable bonds is 0. The maximum Gasteiger partial charge on any atom is 0.122 e. The molecule has 1 saturated heterocycles. The Labute approximate surface area is 74.1 Å². The van der Waals surface area contributed by atoms with Gasteiger partial charge in [-0.3, -0.25) is 0 Å². The first-order chi connectivity index (χ1) is 4.86. The predicted octanol–water partition coefficient (Wildman–Crippen LogP) is 2.98. The van der Waals surface area contributed by atoms with E-state index in [-0.39, 0.29) is 0 Å². The van der Waals surface area contributed by atoms with Gasteiger partial charge in [0.25, 0.3) is 0 Å². The molecule has 0 bridgehead atoms. The molecular formula is C10H21S+. The fourth-order valence-corrected chi connectivity index (χ4v) is 4.39. The molecule has 1 aliphatic rings. The van der Waals surface area contributed by atoms with E-state index in [2.05, 4.69) is 34.0 Å². The predicted molar refractivity (Wildman–Crippen MR) is 55.3 cm³/mol. The van der Waals surface area contributed by atoms with Crippen LogP contribution in [0.5, 0.6) is 0 Å². The molecule has 0 saturated carbocycles. The molecule has 1 heterocycles. The maximum atomic E-state index is 2.44. The Balaban J connectivity index is 2.76. The van der Waals surface area contributed by atoms with E-state index in [1.165, 1.54) is 19.3 Å². The van der Waals surface area contributed by atoms with Crippen LogP contribution in [0.3, 0.4) is 0 Å². The van der Waals surface area contributed by atoms with Gasteiger partial charge < -0.3 is 0 Å². The van der Waals surface area contributed by atoms with Crippen LogP contribution >= 0.6 is 0 Å². The minimum absolute atomic E-state index is 0.589. The highest BCUT2D eigenvalue weighted by molar-refractivity contribution is 7.98. The molecule has 0 N–H and O–H groups in total. The molecule has 66 valence electrons. The Morgan fingerprint density at radius 1 is 0.909 bits per heavy atom. The van der Waals surface area contributed by atoms with Crippen molar-refractivity contribution in [3.05, 3.63) is 0 Å². The third-order valence-electron chi connectivity index (χ3n) is 3.22. The Kier molecular flexibility index (Phi) is 2.31. The Morgan fingerprint density at radius 3 is 1.55 bits per heavy atom. The smallest absolute Gasteiger partial charge is 0.0433 e.